The Bertz CT molecular complexity index is 712. The molecule has 7 nitrogen and oxygen atoms in total. The first-order valence-corrected chi connectivity index (χ1v) is 6.59. The van der Waals surface area contributed by atoms with Crippen LogP contribution in [0.15, 0.2) is 43.2 Å². The van der Waals surface area contributed by atoms with Crippen molar-refractivity contribution in [2.24, 2.45) is 0 Å². The van der Waals surface area contributed by atoms with E-state index < -0.39 is 0 Å². The van der Waals surface area contributed by atoms with Crippen LogP contribution in [0.3, 0.4) is 0 Å². The molecule has 3 aromatic rings. The zero-order chi connectivity index (χ0) is 14.5. The van der Waals surface area contributed by atoms with Crippen molar-refractivity contribution < 1.29 is 4.74 Å². The predicted octanol–water partition coefficient (Wildman–Crippen LogP) is 1.58. The normalized spacial score (nSPS) is 10.5. The molecule has 0 aliphatic carbocycles. The third-order valence-electron chi connectivity index (χ3n) is 2.86. The average molecular weight is 282 g/mol. The van der Waals surface area contributed by atoms with Gasteiger partial charge in [-0.1, -0.05) is 11.3 Å². The third-order valence-corrected chi connectivity index (χ3v) is 2.86. The molecule has 0 aliphatic heterocycles. The zero-order valence-corrected chi connectivity index (χ0v) is 11.5. The summed E-state index contributed by atoms with van der Waals surface area (Å²) >= 11 is 0. The van der Waals surface area contributed by atoms with Crippen molar-refractivity contribution in [2.75, 3.05) is 6.61 Å². The van der Waals surface area contributed by atoms with Crippen molar-refractivity contribution in [1.82, 2.24) is 29.9 Å². The van der Waals surface area contributed by atoms with E-state index >= 15 is 0 Å². The molecule has 3 aromatic heterocycles. The number of hydrogen-bond donors (Lipinski definition) is 0. The van der Waals surface area contributed by atoms with Crippen LogP contribution in [0.2, 0.25) is 0 Å². The highest BCUT2D eigenvalue weighted by molar-refractivity contribution is 5.54. The summed E-state index contributed by atoms with van der Waals surface area (Å²) in [5.74, 6) is 0.625. The minimum absolute atomic E-state index is 0.546. The van der Waals surface area contributed by atoms with Crippen LogP contribution < -0.4 is 4.74 Å². The Morgan fingerprint density at radius 1 is 1.24 bits per heavy atom. The molecule has 0 spiro atoms. The van der Waals surface area contributed by atoms with Gasteiger partial charge < -0.3 is 4.74 Å². The molecule has 0 N–H and O–H groups in total. The smallest absolute Gasteiger partial charge is 0.218 e. The van der Waals surface area contributed by atoms with Gasteiger partial charge in [0.2, 0.25) is 5.88 Å². The fraction of sp³-hybridized carbons (Fsp3) is 0.214. The Kier molecular flexibility index (Phi) is 3.81. The fourth-order valence-corrected chi connectivity index (χ4v) is 1.92. The predicted molar refractivity (Wildman–Crippen MR) is 75.6 cm³/mol. The molecule has 0 saturated heterocycles. The highest BCUT2D eigenvalue weighted by atomic mass is 16.5. The Morgan fingerprint density at radius 3 is 2.90 bits per heavy atom. The van der Waals surface area contributed by atoms with Gasteiger partial charge in [-0.05, 0) is 13.0 Å². The van der Waals surface area contributed by atoms with Gasteiger partial charge in [0.25, 0.3) is 0 Å². The number of rotatable bonds is 5. The Morgan fingerprint density at radius 2 is 2.10 bits per heavy atom. The molecular formula is C14H14N6O. The minimum atomic E-state index is 0.546. The second kappa shape index (κ2) is 6.08. The summed E-state index contributed by atoms with van der Waals surface area (Å²) in [6.07, 6.45) is 8.45. The molecule has 0 unspecified atom stereocenters. The SMILES string of the molecule is CCOc1ncccc1Cn1cc(-c2cncnc2)nn1. The molecule has 21 heavy (non-hydrogen) atoms. The number of pyridine rings is 1. The molecule has 3 heterocycles. The summed E-state index contributed by atoms with van der Waals surface area (Å²) in [4.78, 5) is 12.2. The first-order valence-electron chi connectivity index (χ1n) is 6.59. The van der Waals surface area contributed by atoms with Crippen molar-refractivity contribution >= 4 is 0 Å². The largest absolute Gasteiger partial charge is 0.478 e. The molecule has 0 fully saturated rings. The van der Waals surface area contributed by atoms with Crippen LogP contribution in [-0.4, -0.2) is 36.6 Å². The number of ether oxygens (including phenoxy) is 1. The lowest BCUT2D eigenvalue weighted by Crippen LogP contribution is -2.05. The lowest BCUT2D eigenvalue weighted by molar-refractivity contribution is 0.321. The van der Waals surface area contributed by atoms with Crippen LogP contribution in [0.25, 0.3) is 11.3 Å². The maximum Gasteiger partial charge on any atom is 0.218 e. The molecule has 3 rings (SSSR count). The van der Waals surface area contributed by atoms with Gasteiger partial charge in [0.15, 0.2) is 0 Å². The van der Waals surface area contributed by atoms with Crippen molar-refractivity contribution in [1.29, 1.82) is 0 Å². The molecular weight excluding hydrogens is 268 g/mol. The molecule has 7 heteroatoms. The van der Waals surface area contributed by atoms with Crippen molar-refractivity contribution in [2.45, 2.75) is 13.5 Å². The maximum atomic E-state index is 5.51. The number of hydrogen-bond acceptors (Lipinski definition) is 6. The third kappa shape index (κ3) is 3.02. The van der Waals surface area contributed by atoms with Crippen LogP contribution in [-0.2, 0) is 6.54 Å². The van der Waals surface area contributed by atoms with Gasteiger partial charge >= 0.3 is 0 Å². The molecule has 0 aromatic carbocycles. The maximum absolute atomic E-state index is 5.51. The van der Waals surface area contributed by atoms with E-state index in [4.69, 9.17) is 4.74 Å². The quantitative estimate of drug-likeness (QED) is 0.707. The van der Waals surface area contributed by atoms with Crippen molar-refractivity contribution in [3.05, 3.63) is 48.8 Å². The monoisotopic (exact) mass is 282 g/mol. The van der Waals surface area contributed by atoms with Crippen LogP contribution in [0.4, 0.5) is 0 Å². The summed E-state index contributed by atoms with van der Waals surface area (Å²) in [7, 11) is 0. The van der Waals surface area contributed by atoms with Gasteiger partial charge in [-0.25, -0.2) is 19.6 Å². The van der Waals surface area contributed by atoms with Gasteiger partial charge in [-0.2, -0.15) is 0 Å². The van der Waals surface area contributed by atoms with Crippen molar-refractivity contribution in [3.63, 3.8) is 0 Å². The topological polar surface area (TPSA) is 78.6 Å². The minimum Gasteiger partial charge on any atom is -0.478 e. The average Bonchev–Trinajstić information content (AvgIpc) is 2.99. The molecule has 0 aliphatic rings. The Hall–Kier alpha value is -2.83. The highest BCUT2D eigenvalue weighted by Gasteiger charge is 2.08. The van der Waals surface area contributed by atoms with E-state index in [1.807, 2.05) is 25.3 Å². The van der Waals surface area contributed by atoms with Crippen LogP contribution in [0.1, 0.15) is 12.5 Å². The molecule has 106 valence electrons. The van der Waals surface area contributed by atoms with Gasteiger partial charge in [-0.15, -0.1) is 5.10 Å². The summed E-state index contributed by atoms with van der Waals surface area (Å²) in [5.41, 5.74) is 2.53. The molecule has 0 radical (unpaired) electrons. The van der Waals surface area contributed by atoms with Gasteiger partial charge in [-0.3, -0.25) is 0 Å². The lowest BCUT2D eigenvalue weighted by atomic mass is 10.2. The fourth-order valence-electron chi connectivity index (χ4n) is 1.92. The summed E-state index contributed by atoms with van der Waals surface area (Å²) < 4.78 is 7.25. The van der Waals surface area contributed by atoms with Gasteiger partial charge in [0.1, 0.15) is 12.0 Å². The summed E-state index contributed by atoms with van der Waals surface area (Å²) in [6, 6.07) is 3.84. The molecule has 0 atom stereocenters. The van der Waals surface area contributed by atoms with E-state index in [2.05, 4.69) is 25.3 Å². The number of nitrogens with zero attached hydrogens (tertiary/aromatic N) is 6. The highest BCUT2D eigenvalue weighted by Crippen LogP contribution is 2.17. The first kappa shape index (κ1) is 13.2. The van der Waals surface area contributed by atoms with E-state index in [-0.39, 0.29) is 0 Å². The van der Waals surface area contributed by atoms with E-state index in [1.54, 1.807) is 23.3 Å². The summed E-state index contributed by atoms with van der Waals surface area (Å²) in [6.45, 7) is 3.05. The molecule has 0 bridgehead atoms. The van der Waals surface area contributed by atoms with E-state index in [9.17, 15) is 0 Å². The molecule has 0 saturated carbocycles. The van der Waals surface area contributed by atoms with E-state index in [1.165, 1.54) is 6.33 Å². The summed E-state index contributed by atoms with van der Waals surface area (Å²) in [5, 5.41) is 8.25. The van der Waals surface area contributed by atoms with Crippen LogP contribution in [0.5, 0.6) is 5.88 Å². The van der Waals surface area contributed by atoms with E-state index in [0.29, 0.717) is 19.0 Å². The van der Waals surface area contributed by atoms with Crippen LogP contribution >= 0.6 is 0 Å². The molecule has 0 amide bonds. The first-order chi connectivity index (χ1) is 10.4. The second-order valence-electron chi connectivity index (χ2n) is 4.33. The van der Waals surface area contributed by atoms with Gasteiger partial charge in [0.05, 0.1) is 19.3 Å². The van der Waals surface area contributed by atoms with Gasteiger partial charge in [0, 0.05) is 29.7 Å². The van der Waals surface area contributed by atoms with E-state index in [0.717, 1.165) is 16.8 Å². The lowest BCUT2D eigenvalue weighted by Gasteiger charge is -2.07. The van der Waals surface area contributed by atoms with Crippen molar-refractivity contribution in [3.8, 4) is 17.1 Å². The Labute approximate surface area is 121 Å². The second-order valence-corrected chi connectivity index (χ2v) is 4.33. The van der Waals surface area contributed by atoms with Crippen LogP contribution in [0, 0.1) is 0 Å². The Balaban J connectivity index is 1.82. The number of aromatic nitrogens is 6. The zero-order valence-electron chi connectivity index (χ0n) is 11.5. The standard InChI is InChI=1S/C14H14N6O/c1-2-21-14-11(4-3-5-17-14)8-20-9-13(18-19-20)12-6-15-10-16-7-12/h3-7,9-10H,2,8H2,1H3.